The molecule has 1 aromatic heterocycles. The molecule has 0 saturated carbocycles. The fraction of sp³-hybridized carbons (Fsp3) is 0.714. The third-order valence-corrected chi connectivity index (χ3v) is 3.90. The van der Waals surface area contributed by atoms with Gasteiger partial charge in [-0.05, 0) is 31.5 Å². The number of nitrogens with zero attached hydrogens (tertiary/aromatic N) is 2. The summed E-state index contributed by atoms with van der Waals surface area (Å²) in [4.78, 5) is 12.0. The van der Waals surface area contributed by atoms with Gasteiger partial charge in [0.15, 0.2) is 0 Å². The van der Waals surface area contributed by atoms with Gasteiger partial charge in [-0.1, -0.05) is 0 Å². The van der Waals surface area contributed by atoms with Crippen molar-refractivity contribution < 1.29 is 9.53 Å². The molecule has 1 aliphatic rings. The van der Waals surface area contributed by atoms with Crippen molar-refractivity contribution in [3.8, 4) is 0 Å². The normalized spacial score (nSPS) is 17.9. The van der Waals surface area contributed by atoms with Crippen LogP contribution in [0.15, 0.2) is 12.4 Å². The van der Waals surface area contributed by atoms with E-state index in [0.717, 1.165) is 31.5 Å². The van der Waals surface area contributed by atoms with E-state index in [0.29, 0.717) is 19.6 Å². The molecule has 112 valence electrons. The van der Waals surface area contributed by atoms with E-state index in [9.17, 15) is 4.79 Å². The molecule has 0 bridgehead atoms. The van der Waals surface area contributed by atoms with Gasteiger partial charge in [0.1, 0.15) is 0 Å². The maximum absolute atomic E-state index is 12.0. The Morgan fingerprint density at radius 1 is 1.55 bits per heavy atom. The van der Waals surface area contributed by atoms with Crippen LogP contribution in [-0.2, 0) is 23.0 Å². The molecule has 6 heteroatoms. The monoisotopic (exact) mass is 280 g/mol. The summed E-state index contributed by atoms with van der Waals surface area (Å²) in [6.07, 6.45) is 6.06. The predicted octanol–water partition coefficient (Wildman–Crippen LogP) is 0.0950. The van der Waals surface area contributed by atoms with E-state index in [1.807, 2.05) is 13.2 Å². The number of aryl methyl sites for hydroxylation is 1. The van der Waals surface area contributed by atoms with Crippen LogP contribution in [-0.4, -0.2) is 49.0 Å². The van der Waals surface area contributed by atoms with Crippen molar-refractivity contribution in [2.75, 3.05) is 33.4 Å². The maximum Gasteiger partial charge on any atom is 0.224 e. The Balaban J connectivity index is 1.84. The predicted molar refractivity (Wildman–Crippen MR) is 76.3 cm³/mol. The minimum absolute atomic E-state index is 0.0482. The summed E-state index contributed by atoms with van der Waals surface area (Å²) in [5.74, 6) is 0.0482. The Hall–Kier alpha value is -1.40. The fourth-order valence-electron chi connectivity index (χ4n) is 2.73. The molecule has 1 aliphatic heterocycles. The number of nitrogens with one attached hydrogen (secondary N) is 2. The van der Waals surface area contributed by atoms with E-state index in [2.05, 4.69) is 15.7 Å². The molecule has 20 heavy (non-hydrogen) atoms. The fourth-order valence-corrected chi connectivity index (χ4v) is 2.73. The molecule has 0 aliphatic carbocycles. The number of amides is 1. The minimum atomic E-state index is 0.0482. The largest absolute Gasteiger partial charge is 0.384 e. The molecule has 2 N–H and O–H groups in total. The number of aromatic nitrogens is 2. The number of piperidine rings is 1. The second kappa shape index (κ2) is 6.85. The third-order valence-electron chi connectivity index (χ3n) is 3.90. The number of rotatable bonds is 6. The highest BCUT2D eigenvalue weighted by atomic mass is 16.5. The Bertz CT molecular complexity index is 433. The van der Waals surface area contributed by atoms with Crippen LogP contribution >= 0.6 is 0 Å². The van der Waals surface area contributed by atoms with Crippen molar-refractivity contribution in [1.29, 1.82) is 0 Å². The summed E-state index contributed by atoms with van der Waals surface area (Å²) < 4.78 is 7.06. The smallest absolute Gasteiger partial charge is 0.224 e. The third kappa shape index (κ3) is 4.05. The van der Waals surface area contributed by atoms with Gasteiger partial charge >= 0.3 is 0 Å². The summed E-state index contributed by atoms with van der Waals surface area (Å²) in [5.41, 5.74) is 1.01. The number of carbonyl (C=O) groups excluding carboxylic acids is 1. The van der Waals surface area contributed by atoms with E-state index in [-0.39, 0.29) is 11.3 Å². The lowest BCUT2D eigenvalue weighted by Gasteiger charge is -2.37. The zero-order valence-corrected chi connectivity index (χ0v) is 12.3. The molecule has 2 heterocycles. The van der Waals surface area contributed by atoms with Crippen molar-refractivity contribution >= 4 is 5.91 Å². The Morgan fingerprint density at radius 3 is 2.90 bits per heavy atom. The molecule has 2 rings (SSSR count). The molecule has 0 atom stereocenters. The van der Waals surface area contributed by atoms with Crippen molar-refractivity contribution in [2.24, 2.45) is 12.5 Å². The van der Waals surface area contributed by atoms with Gasteiger partial charge in [-0.3, -0.25) is 9.48 Å². The first-order valence-corrected chi connectivity index (χ1v) is 7.07. The second-order valence-electron chi connectivity index (χ2n) is 5.66. The molecule has 6 nitrogen and oxygen atoms in total. The summed E-state index contributed by atoms with van der Waals surface area (Å²) in [5, 5.41) is 10.5. The summed E-state index contributed by atoms with van der Waals surface area (Å²) >= 11 is 0. The molecule has 1 fully saturated rings. The van der Waals surface area contributed by atoms with E-state index >= 15 is 0 Å². The van der Waals surface area contributed by atoms with Crippen molar-refractivity contribution in [2.45, 2.75) is 19.3 Å². The van der Waals surface area contributed by atoms with E-state index in [4.69, 9.17) is 4.74 Å². The Labute approximate surface area is 119 Å². The summed E-state index contributed by atoms with van der Waals surface area (Å²) in [6.45, 7) is 3.35. The maximum atomic E-state index is 12.0. The molecule has 0 spiro atoms. The Morgan fingerprint density at radius 2 is 2.30 bits per heavy atom. The van der Waals surface area contributed by atoms with Crippen molar-refractivity contribution in [3.05, 3.63) is 18.0 Å². The minimum Gasteiger partial charge on any atom is -0.384 e. The van der Waals surface area contributed by atoms with Crippen LogP contribution in [0.4, 0.5) is 0 Å². The van der Waals surface area contributed by atoms with Gasteiger partial charge in [-0.15, -0.1) is 0 Å². The average molecular weight is 280 g/mol. The number of ether oxygens (including phenoxy) is 1. The lowest BCUT2D eigenvalue weighted by Crippen LogP contribution is -2.47. The number of methoxy groups -OCH3 is 1. The van der Waals surface area contributed by atoms with Gasteiger partial charge in [0.05, 0.1) is 19.2 Å². The summed E-state index contributed by atoms with van der Waals surface area (Å²) in [7, 11) is 3.57. The van der Waals surface area contributed by atoms with Gasteiger partial charge in [-0.25, -0.2) is 0 Å². The van der Waals surface area contributed by atoms with E-state index < -0.39 is 0 Å². The first-order chi connectivity index (χ1) is 9.63. The highest BCUT2D eigenvalue weighted by Crippen LogP contribution is 2.28. The molecule has 1 saturated heterocycles. The lowest BCUT2D eigenvalue weighted by atomic mass is 9.79. The van der Waals surface area contributed by atoms with E-state index in [1.54, 1.807) is 18.0 Å². The average Bonchev–Trinajstić information content (AvgIpc) is 2.83. The molecule has 1 amide bonds. The van der Waals surface area contributed by atoms with Crippen LogP contribution < -0.4 is 10.6 Å². The summed E-state index contributed by atoms with van der Waals surface area (Å²) in [6, 6.07) is 0. The Kier molecular flexibility index (Phi) is 5.14. The van der Waals surface area contributed by atoms with Crippen LogP contribution in [0.5, 0.6) is 0 Å². The van der Waals surface area contributed by atoms with Crippen LogP contribution in [0.3, 0.4) is 0 Å². The zero-order chi connectivity index (χ0) is 14.4. The molecular formula is C14H24N4O2. The highest BCUT2D eigenvalue weighted by molar-refractivity contribution is 5.78. The first-order valence-electron chi connectivity index (χ1n) is 7.07. The molecule has 0 unspecified atom stereocenters. The zero-order valence-electron chi connectivity index (χ0n) is 12.3. The first kappa shape index (κ1) is 15.0. The highest BCUT2D eigenvalue weighted by Gasteiger charge is 2.32. The quantitative estimate of drug-likeness (QED) is 0.775. The number of hydrogen-bond acceptors (Lipinski definition) is 4. The number of hydrogen-bond donors (Lipinski definition) is 2. The van der Waals surface area contributed by atoms with Gasteiger partial charge in [0.25, 0.3) is 0 Å². The van der Waals surface area contributed by atoms with Crippen molar-refractivity contribution in [1.82, 2.24) is 20.4 Å². The molecule has 0 aromatic carbocycles. The van der Waals surface area contributed by atoms with Crippen LogP contribution in [0, 0.1) is 5.41 Å². The van der Waals surface area contributed by atoms with Crippen LogP contribution in [0.2, 0.25) is 0 Å². The van der Waals surface area contributed by atoms with Crippen LogP contribution in [0.25, 0.3) is 0 Å². The van der Waals surface area contributed by atoms with Crippen molar-refractivity contribution in [3.63, 3.8) is 0 Å². The second-order valence-corrected chi connectivity index (χ2v) is 5.66. The van der Waals surface area contributed by atoms with Crippen LogP contribution in [0.1, 0.15) is 18.4 Å². The molecular weight excluding hydrogens is 256 g/mol. The van der Waals surface area contributed by atoms with Gasteiger partial charge in [0, 0.05) is 32.3 Å². The van der Waals surface area contributed by atoms with Gasteiger partial charge < -0.3 is 15.4 Å². The molecule has 0 radical (unpaired) electrons. The standard InChI is InChI=1S/C14H24N4O2/c1-18-9-12(8-17-18)7-13(19)16-10-14(11-20-2)3-5-15-6-4-14/h8-9,15H,3-7,10-11H2,1-2H3,(H,16,19). The lowest BCUT2D eigenvalue weighted by molar-refractivity contribution is -0.121. The molecule has 1 aromatic rings. The van der Waals surface area contributed by atoms with Gasteiger partial charge in [-0.2, -0.15) is 5.10 Å². The topological polar surface area (TPSA) is 68.2 Å². The number of carbonyl (C=O) groups is 1. The SMILES string of the molecule is COCC1(CNC(=O)Cc2cnn(C)c2)CCNCC1. The van der Waals surface area contributed by atoms with Gasteiger partial charge in [0.2, 0.25) is 5.91 Å². The van der Waals surface area contributed by atoms with E-state index in [1.165, 1.54) is 0 Å².